The number of benzene rings is 1. The van der Waals surface area contributed by atoms with Gasteiger partial charge in [0.2, 0.25) is 5.91 Å². The third kappa shape index (κ3) is 3.55. The number of amides is 2. The smallest absolute Gasteiger partial charge is 0.253 e. The molecule has 0 unspecified atom stereocenters. The summed E-state index contributed by atoms with van der Waals surface area (Å²) in [5, 5.41) is 3.01. The van der Waals surface area contributed by atoms with E-state index in [1.54, 1.807) is 0 Å². The first kappa shape index (κ1) is 16.8. The van der Waals surface area contributed by atoms with Gasteiger partial charge < -0.3 is 15.0 Å². The highest BCUT2D eigenvalue weighted by Crippen LogP contribution is 2.28. The van der Waals surface area contributed by atoms with E-state index in [9.17, 15) is 9.59 Å². The molecule has 3 rings (SSSR count). The third-order valence-electron chi connectivity index (χ3n) is 4.93. The van der Waals surface area contributed by atoms with Gasteiger partial charge in [0.1, 0.15) is 5.75 Å². The van der Waals surface area contributed by atoms with E-state index < -0.39 is 0 Å². The standard InChI is InChI=1S/C19H26N2O3/c1-3-5-16-11-21(12-17(16)20-13(2)22)19(23)15-7-8-18-14(10-15)6-4-9-24-18/h7-8,10,16-17H,3-6,9,11-12H2,1-2H3,(H,20,22)/t16-,17-/m0/s1. The van der Waals surface area contributed by atoms with Gasteiger partial charge in [-0.15, -0.1) is 0 Å². The number of ether oxygens (including phenoxy) is 1. The van der Waals surface area contributed by atoms with Crippen molar-refractivity contribution < 1.29 is 14.3 Å². The van der Waals surface area contributed by atoms with E-state index in [1.807, 2.05) is 23.1 Å². The summed E-state index contributed by atoms with van der Waals surface area (Å²) in [5.41, 5.74) is 1.84. The van der Waals surface area contributed by atoms with Gasteiger partial charge in [0.15, 0.2) is 0 Å². The summed E-state index contributed by atoms with van der Waals surface area (Å²) in [7, 11) is 0. The molecule has 130 valence electrons. The molecule has 2 aliphatic rings. The van der Waals surface area contributed by atoms with E-state index in [2.05, 4.69) is 12.2 Å². The monoisotopic (exact) mass is 330 g/mol. The minimum atomic E-state index is -0.0265. The maximum Gasteiger partial charge on any atom is 0.253 e. The van der Waals surface area contributed by atoms with Crippen molar-refractivity contribution in [2.45, 2.75) is 45.6 Å². The molecule has 2 aliphatic heterocycles. The minimum absolute atomic E-state index is 0.0265. The molecule has 2 atom stereocenters. The van der Waals surface area contributed by atoms with Gasteiger partial charge in [0.05, 0.1) is 12.6 Å². The number of hydrogen-bond acceptors (Lipinski definition) is 3. The second kappa shape index (κ2) is 7.24. The van der Waals surface area contributed by atoms with Crippen molar-refractivity contribution in [3.05, 3.63) is 29.3 Å². The van der Waals surface area contributed by atoms with Gasteiger partial charge in [-0.25, -0.2) is 0 Å². The molecule has 5 heteroatoms. The molecular formula is C19H26N2O3. The summed E-state index contributed by atoms with van der Waals surface area (Å²) in [6.45, 7) is 5.74. The lowest BCUT2D eigenvalue weighted by molar-refractivity contribution is -0.119. The lowest BCUT2D eigenvalue weighted by Gasteiger charge is -2.20. The molecule has 24 heavy (non-hydrogen) atoms. The van der Waals surface area contributed by atoms with Crippen LogP contribution in [0.2, 0.25) is 0 Å². The number of rotatable bonds is 4. The molecule has 0 radical (unpaired) electrons. The van der Waals surface area contributed by atoms with Crippen LogP contribution < -0.4 is 10.1 Å². The van der Waals surface area contributed by atoms with E-state index in [4.69, 9.17) is 4.74 Å². The fraction of sp³-hybridized carbons (Fsp3) is 0.579. The Bertz CT molecular complexity index is 629. The number of likely N-dealkylation sites (tertiary alicyclic amines) is 1. The van der Waals surface area contributed by atoms with E-state index in [0.29, 0.717) is 19.0 Å². The van der Waals surface area contributed by atoms with Crippen molar-refractivity contribution in [1.82, 2.24) is 10.2 Å². The van der Waals surface area contributed by atoms with E-state index in [-0.39, 0.29) is 17.9 Å². The number of hydrogen-bond donors (Lipinski definition) is 1. The maximum atomic E-state index is 12.9. The van der Waals surface area contributed by atoms with Crippen LogP contribution in [0.5, 0.6) is 5.75 Å². The molecule has 1 aromatic rings. The van der Waals surface area contributed by atoms with Crippen LogP contribution in [0.4, 0.5) is 0 Å². The SMILES string of the molecule is CCC[C@H]1CN(C(=O)c2ccc3c(c2)CCCO3)C[C@@H]1NC(C)=O. The molecular weight excluding hydrogens is 304 g/mol. The first-order valence-corrected chi connectivity index (χ1v) is 8.90. The number of fused-ring (bicyclic) bond motifs is 1. The Morgan fingerprint density at radius 2 is 2.17 bits per heavy atom. The zero-order valence-corrected chi connectivity index (χ0v) is 14.5. The number of aryl methyl sites for hydroxylation is 1. The highest BCUT2D eigenvalue weighted by Gasteiger charge is 2.35. The van der Waals surface area contributed by atoms with Crippen molar-refractivity contribution in [3.63, 3.8) is 0 Å². The third-order valence-corrected chi connectivity index (χ3v) is 4.93. The van der Waals surface area contributed by atoms with Crippen LogP contribution in [-0.2, 0) is 11.2 Å². The predicted molar refractivity (Wildman–Crippen MR) is 92.2 cm³/mol. The molecule has 1 aromatic carbocycles. The van der Waals surface area contributed by atoms with Crippen molar-refractivity contribution >= 4 is 11.8 Å². The van der Waals surface area contributed by atoms with Crippen LogP contribution in [0.3, 0.4) is 0 Å². The van der Waals surface area contributed by atoms with Gasteiger partial charge in [-0.1, -0.05) is 13.3 Å². The van der Waals surface area contributed by atoms with Gasteiger partial charge in [0, 0.05) is 25.6 Å². The van der Waals surface area contributed by atoms with Crippen LogP contribution in [0, 0.1) is 5.92 Å². The number of carbonyl (C=O) groups excluding carboxylic acids is 2. The van der Waals surface area contributed by atoms with Gasteiger partial charge in [-0.05, 0) is 48.9 Å². The van der Waals surface area contributed by atoms with Crippen LogP contribution in [0.15, 0.2) is 18.2 Å². The highest BCUT2D eigenvalue weighted by atomic mass is 16.5. The Morgan fingerprint density at radius 1 is 1.33 bits per heavy atom. The molecule has 5 nitrogen and oxygen atoms in total. The Labute approximate surface area is 143 Å². The fourth-order valence-corrected chi connectivity index (χ4v) is 3.80. The number of carbonyl (C=O) groups is 2. The average Bonchev–Trinajstić information content (AvgIpc) is 2.96. The van der Waals surface area contributed by atoms with E-state index in [0.717, 1.165) is 49.2 Å². The molecule has 0 spiro atoms. The highest BCUT2D eigenvalue weighted by molar-refractivity contribution is 5.95. The van der Waals surface area contributed by atoms with Crippen LogP contribution in [0.1, 0.15) is 49.0 Å². The van der Waals surface area contributed by atoms with E-state index >= 15 is 0 Å². The Balaban J connectivity index is 1.73. The molecule has 1 N–H and O–H groups in total. The summed E-state index contributed by atoms with van der Waals surface area (Å²) in [6, 6.07) is 5.80. The molecule has 1 saturated heterocycles. The van der Waals surface area contributed by atoms with Crippen LogP contribution >= 0.6 is 0 Å². The van der Waals surface area contributed by atoms with Gasteiger partial charge in [-0.2, -0.15) is 0 Å². The lowest BCUT2D eigenvalue weighted by Crippen LogP contribution is -2.39. The summed E-state index contributed by atoms with van der Waals surface area (Å²) < 4.78 is 5.62. The Hall–Kier alpha value is -2.04. The maximum absolute atomic E-state index is 12.9. The molecule has 2 amide bonds. The zero-order valence-electron chi connectivity index (χ0n) is 14.5. The van der Waals surface area contributed by atoms with Gasteiger partial charge >= 0.3 is 0 Å². The molecule has 1 fully saturated rings. The second-order valence-electron chi connectivity index (χ2n) is 6.84. The van der Waals surface area contributed by atoms with Crippen molar-refractivity contribution in [1.29, 1.82) is 0 Å². The van der Waals surface area contributed by atoms with Crippen molar-refractivity contribution in [2.24, 2.45) is 5.92 Å². The summed E-state index contributed by atoms with van der Waals surface area (Å²) in [5.74, 6) is 1.27. The minimum Gasteiger partial charge on any atom is -0.493 e. The van der Waals surface area contributed by atoms with Gasteiger partial charge in [-0.3, -0.25) is 9.59 Å². The number of nitrogens with one attached hydrogen (secondary N) is 1. The molecule has 0 saturated carbocycles. The second-order valence-corrected chi connectivity index (χ2v) is 6.84. The molecule has 0 aromatic heterocycles. The first-order chi connectivity index (χ1) is 11.6. The summed E-state index contributed by atoms with van der Waals surface area (Å²) >= 11 is 0. The van der Waals surface area contributed by atoms with E-state index in [1.165, 1.54) is 6.92 Å². The topological polar surface area (TPSA) is 58.6 Å². The predicted octanol–water partition coefficient (Wildman–Crippen LogP) is 2.39. The van der Waals surface area contributed by atoms with Gasteiger partial charge in [0.25, 0.3) is 5.91 Å². The lowest BCUT2D eigenvalue weighted by atomic mass is 9.98. The zero-order chi connectivity index (χ0) is 17.1. The normalized spacial score (nSPS) is 22.7. The number of nitrogens with zero attached hydrogens (tertiary/aromatic N) is 1. The summed E-state index contributed by atoms with van der Waals surface area (Å²) in [4.78, 5) is 26.2. The van der Waals surface area contributed by atoms with Crippen LogP contribution in [0.25, 0.3) is 0 Å². The molecule has 2 heterocycles. The summed E-state index contributed by atoms with van der Waals surface area (Å²) in [6.07, 6.45) is 4.03. The Kier molecular flexibility index (Phi) is 5.07. The first-order valence-electron chi connectivity index (χ1n) is 8.90. The quantitative estimate of drug-likeness (QED) is 0.922. The Morgan fingerprint density at radius 3 is 2.92 bits per heavy atom. The van der Waals surface area contributed by atoms with Crippen molar-refractivity contribution in [3.8, 4) is 5.75 Å². The average molecular weight is 330 g/mol. The molecule has 0 aliphatic carbocycles. The molecule has 0 bridgehead atoms. The van der Waals surface area contributed by atoms with Crippen LogP contribution in [-0.4, -0.2) is 42.5 Å². The fourth-order valence-electron chi connectivity index (χ4n) is 3.80. The largest absolute Gasteiger partial charge is 0.493 e. The van der Waals surface area contributed by atoms with Crippen molar-refractivity contribution in [2.75, 3.05) is 19.7 Å².